The third-order valence-electron chi connectivity index (χ3n) is 2.80. The van der Waals surface area contributed by atoms with Gasteiger partial charge in [0.1, 0.15) is 0 Å². The van der Waals surface area contributed by atoms with Crippen molar-refractivity contribution in [1.82, 2.24) is 0 Å². The molecule has 23 heavy (non-hydrogen) atoms. The highest BCUT2D eigenvalue weighted by atomic mass is 79.9. The Bertz CT molecular complexity index is 809. The zero-order valence-corrected chi connectivity index (χ0v) is 14.5. The number of carbonyl (C=O) groups excluding carboxylic acids is 1. The number of nitro benzene ring substituents is 1. The lowest BCUT2D eigenvalue weighted by molar-refractivity contribution is -0.384. The lowest BCUT2D eigenvalue weighted by atomic mass is 10.2. The zero-order valence-electron chi connectivity index (χ0n) is 11.4. The lowest BCUT2D eigenvalue weighted by Gasteiger charge is -2.05. The summed E-state index contributed by atoms with van der Waals surface area (Å²) in [4.78, 5) is 22.2. The van der Waals surface area contributed by atoms with E-state index in [1.54, 1.807) is 18.2 Å². The molecule has 0 aliphatic carbocycles. The second-order valence-corrected chi connectivity index (χ2v) is 6.11. The molecule has 0 aromatic heterocycles. The number of amides is 1. The number of benzene rings is 2. The summed E-state index contributed by atoms with van der Waals surface area (Å²) < 4.78 is 0.536. The van der Waals surface area contributed by atoms with Crippen LogP contribution in [0.25, 0.3) is 6.08 Å². The smallest absolute Gasteiger partial charge is 0.271 e. The first-order valence-electron chi connectivity index (χ1n) is 6.25. The molecular weight excluding hydrogens is 407 g/mol. The van der Waals surface area contributed by atoms with E-state index in [2.05, 4.69) is 21.2 Å². The Hall–Kier alpha value is -1.89. The van der Waals surface area contributed by atoms with Crippen LogP contribution in [0.15, 0.2) is 46.9 Å². The molecule has 0 atom stereocenters. The molecule has 0 spiro atoms. The van der Waals surface area contributed by atoms with Gasteiger partial charge >= 0.3 is 0 Å². The lowest BCUT2D eigenvalue weighted by Crippen LogP contribution is -2.08. The van der Waals surface area contributed by atoms with E-state index < -0.39 is 10.8 Å². The van der Waals surface area contributed by atoms with Crippen molar-refractivity contribution in [3.05, 3.63) is 72.7 Å². The Morgan fingerprint density at radius 1 is 1.22 bits per heavy atom. The molecule has 0 aliphatic heterocycles. The number of nitrogens with one attached hydrogen (secondary N) is 1. The fraction of sp³-hybridized carbons (Fsp3) is 0. The molecule has 0 unspecified atom stereocenters. The maximum Gasteiger partial charge on any atom is 0.271 e. The largest absolute Gasteiger partial charge is 0.321 e. The number of nitro groups is 1. The number of nitrogens with zero attached hydrogens (tertiary/aromatic N) is 1. The molecule has 0 saturated carbocycles. The van der Waals surface area contributed by atoms with Gasteiger partial charge in [-0.15, -0.1) is 0 Å². The molecule has 2 aromatic carbocycles. The summed E-state index contributed by atoms with van der Waals surface area (Å²) in [7, 11) is 0. The highest BCUT2D eigenvalue weighted by Gasteiger charge is 2.10. The van der Waals surface area contributed by atoms with Gasteiger partial charge in [0, 0.05) is 32.7 Å². The molecule has 2 rings (SSSR count). The van der Waals surface area contributed by atoms with Gasteiger partial charge in [-0.25, -0.2) is 0 Å². The van der Waals surface area contributed by atoms with Gasteiger partial charge in [-0.1, -0.05) is 29.3 Å². The van der Waals surface area contributed by atoms with Crippen molar-refractivity contribution in [2.45, 2.75) is 0 Å². The van der Waals surface area contributed by atoms with Crippen LogP contribution in [-0.4, -0.2) is 10.8 Å². The van der Waals surface area contributed by atoms with E-state index in [1.807, 2.05) is 0 Å². The van der Waals surface area contributed by atoms with Crippen molar-refractivity contribution in [1.29, 1.82) is 0 Å². The molecule has 0 saturated heterocycles. The molecule has 1 N–H and O–H groups in total. The molecule has 0 fully saturated rings. The summed E-state index contributed by atoms with van der Waals surface area (Å²) in [6, 6.07) is 9.00. The van der Waals surface area contributed by atoms with Gasteiger partial charge in [-0.3, -0.25) is 14.9 Å². The van der Waals surface area contributed by atoms with Crippen LogP contribution in [0.4, 0.5) is 11.4 Å². The standard InChI is InChI=1S/C15H9BrCl2N2O3/c16-12-5-4-11(20(22)23)8-14(12)19-15(21)6-2-9-1-3-10(17)7-13(9)18/h1-8H,(H,19,21)/b6-2+. The fourth-order valence-corrected chi connectivity index (χ4v) is 2.52. The second-order valence-electron chi connectivity index (χ2n) is 4.41. The number of carbonyl (C=O) groups is 1. The quantitative estimate of drug-likeness (QED) is 0.417. The van der Waals surface area contributed by atoms with E-state index in [0.29, 0.717) is 25.8 Å². The predicted octanol–water partition coefficient (Wildman–Crippen LogP) is 5.32. The van der Waals surface area contributed by atoms with Gasteiger partial charge in [0.15, 0.2) is 0 Å². The van der Waals surface area contributed by atoms with E-state index in [-0.39, 0.29) is 5.69 Å². The first kappa shape index (κ1) is 17.5. The normalized spacial score (nSPS) is 10.7. The van der Waals surface area contributed by atoms with Crippen LogP contribution < -0.4 is 5.32 Å². The molecule has 2 aromatic rings. The summed E-state index contributed by atoms with van der Waals surface area (Å²) >= 11 is 15.0. The van der Waals surface area contributed by atoms with Crippen molar-refractivity contribution in [2.75, 3.05) is 5.32 Å². The highest BCUT2D eigenvalue weighted by molar-refractivity contribution is 9.10. The second kappa shape index (κ2) is 7.59. The molecule has 0 aliphatic rings. The third kappa shape index (κ3) is 4.79. The number of anilines is 1. The predicted molar refractivity (Wildman–Crippen MR) is 94.9 cm³/mol. The monoisotopic (exact) mass is 414 g/mol. The Kier molecular flexibility index (Phi) is 5.76. The Morgan fingerprint density at radius 2 is 1.96 bits per heavy atom. The van der Waals surface area contributed by atoms with Crippen LogP contribution in [0.5, 0.6) is 0 Å². The van der Waals surface area contributed by atoms with Gasteiger partial charge < -0.3 is 5.32 Å². The topological polar surface area (TPSA) is 72.2 Å². The Morgan fingerprint density at radius 3 is 2.61 bits per heavy atom. The average molecular weight is 416 g/mol. The number of non-ortho nitro benzene ring substituents is 1. The van der Waals surface area contributed by atoms with Crippen molar-refractivity contribution >= 4 is 62.5 Å². The van der Waals surface area contributed by atoms with E-state index in [9.17, 15) is 14.9 Å². The minimum atomic E-state index is -0.536. The van der Waals surface area contributed by atoms with E-state index >= 15 is 0 Å². The minimum absolute atomic E-state index is 0.117. The molecular formula is C15H9BrCl2N2O3. The van der Waals surface area contributed by atoms with Crippen LogP contribution in [0, 0.1) is 10.1 Å². The number of halogens is 3. The Balaban J connectivity index is 2.14. The van der Waals surface area contributed by atoms with Crippen LogP contribution in [0.1, 0.15) is 5.56 Å². The van der Waals surface area contributed by atoms with Crippen LogP contribution in [0.2, 0.25) is 10.0 Å². The van der Waals surface area contributed by atoms with E-state index in [0.717, 1.165) is 0 Å². The first-order chi connectivity index (χ1) is 10.9. The molecule has 0 heterocycles. The van der Waals surface area contributed by atoms with Crippen LogP contribution in [-0.2, 0) is 4.79 Å². The van der Waals surface area contributed by atoms with Crippen molar-refractivity contribution < 1.29 is 9.72 Å². The molecule has 118 valence electrons. The van der Waals surface area contributed by atoms with Crippen LogP contribution >= 0.6 is 39.1 Å². The number of rotatable bonds is 4. The van der Waals surface area contributed by atoms with Gasteiger partial charge in [-0.2, -0.15) is 0 Å². The zero-order chi connectivity index (χ0) is 17.0. The van der Waals surface area contributed by atoms with E-state index in [4.69, 9.17) is 23.2 Å². The summed E-state index contributed by atoms with van der Waals surface area (Å²) in [5.41, 5.74) is 0.814. The third-order valence-corrected chi connectivity index (χ3v) is 4.05. The Labute approximate surface area is 150 Å². The molecule has 0 bridgehead atoms. The van der Waals surface area contributed by atoms with Crippen molar-refractivity contribution in [3.8, 4) is 0 Å². The van der Waals surface area contributed by atoms with Gasteiger partial charge in [0.05, 0.1) is 10.6 Å². The molecule has 5 nitrogen and oxygen atoms in total. The van der Waals surface area contributed by atoms with Gasteiger partial charge in [0.25, 0.3) is 5.69 Å². The van der Waals surface area contributed by atoms with Crippen LogP contribution in [0.3, 0.4) is 0 Å². The first-order valence-corrected chi connectivity index (χ1v) is 7.80. The van der Waals surface area contributed by atoms with Gasteiger partial charge in [-0.05, 0) is 45.8 Å². The van der Waals surface area contributed by atoms with Crippen molar-refractivity contribution in [3.63, 3.8) is 0 Å². The van der Waals surface area contributed by atoms with Crippen molar-refractivity contribution in [2.24, 2.45) is 0 Å². The minimum Gasteiger partial charge on any atom is -0.321 e. The maximum absolute atomic E-state index is 11.9. The fourth-order valence-electron chi connectivity index (χ4n) is 1.70. The number of hydrogen-bond acceptors (Lipinski definition) is 3. The van der Waals surface area contributed by atoms with E-state index in [1.165, 1.54) is 30.4 Å². The average Bonchev–Trinajstić information content (AvgIpc) is 2.48. The highest BCUT2D eigenvalue weighted by Crippen LogP contribution is 2.27. The molecule has 0 radical (unpaired) electrons. The molecule has 8 heteroatoms. The SMILES string of the molecule is O=C(/C=C/c1ccc(Cl)cc1Cl)Nc1cc([N+](=O)[O-])ccc1Br. The molecule has 1 amide bonds. The van der Waals surface area contributed by atoms with Gasteiger partial charge in [0.2, 0.25) is 5.91 Å². The summed E-state index contributed by atoms with van der Waals surface area (Å²) in [6.07, 6.45) is 2.81. The summed E-state index contributed by atoms with van der Waals surface area (Å²) in [5.74, 6) is -0.447. The number of hydrogen-bond donors (Lipinski definition) is 1. The maximum atomic E-state index is 11.9. The summed E-state index contributed by atoms with van der Waals surface area (Å²) in [6.45, 7) is 0. The summed E-state index contributed by atoms with van der Waals surface area (Å²) in [5, 5.41) is 14.2.